The van der Waals surface area contributed by atoms with Gasteiger partial charge in [0.15, 0.2) is 0 Å². The maximum absolute atomic E-state index is 12.0. The number of hydrogen-bond donors (Lipinski definition) is 2. The molecule has 4 nitrogen and oxygen atoms in total. The van der Waals surface area contributed by atoms with Crippen molar-refractivity contribution in [3.8, 4) is 5.75 Å². The van der Waals surface area contributed by atoms with E-state index >= 15 is 0 Å². The van der Waals surface area contributed by atoms with Gasteiger partial charge in [-0.25, -0.2) is 0 Å². The number of nitrogens with two attached hydrogens (primary N) is 1. The van der Waals surface area contributed by atoms with Crippen molar-refractivity contribution in [3.05, 3.63) is 23.8 Å². The quantitative estimate of drug-likeness (QED) is 0.732. The number of carbonyl (C=O) groups excluding carboxylic acids is 1. The van der Waals surface area contributed by atoms with Gasteiger partial charge in [-0.05, 0) is 56.3 Å². The molecule has 0 radical (unpaired) electrons. The summed E-state index contributed by atoms with van der Waals surface area (Å²) in [5.41, 5.74) is 7.40. The Labute approximate surface area is 128 Å². The van der Waals surface area contributed by atoms with Crippen LogP contribution in [0.5, 0.6) is 5.75 Å². The predicted molar refractivity (Wildman–Crippen MR) is 87.7 cm³/mol. The lowest BCUT2D eigenvalue weighted by atomic mass is 10.0. The SMILES string of the molecule is CCCOc1cc(C)ccc1NC(=O)CCC(C)CCN. The number of amides is 1. The second kappa shape index (κ2) is 9.40. The van der Waals surface area contributed by atoms with Crippen LogP contribution < -0.4 is 15.8 Å². The highest BCUT2D eigenvalue weighted by molar-refractivity contribution is 5.92. The Morgan fingerprint density at radius 2 is 2.14 bits per heavy atom. The molecule has 0 aliphatic heterocycles. The second-order valence-corrected chi connectivity index (χ2v) is 5.62. The van der Waals surface area contributed by atoms with E-state index in [1.54, 1.807) is 0 Å². The summed E-state index contributed by atoms with van der Waals surface area (Å²) in [5, 5.41) is 2.95. The Morgan fingerprint density at radius 1 is 1.38 bits per heavy atom. The molecule has 0 saturated carbocycles. The van der Waals surface area contributed by atoms with Crippen molar-refractivity contribution < 1.29 is 9.53 Å². The first kappa shape index (κ1) is 17.5. The topological polar surface area (TPSA) is 64.3 Å². The summed E-state index contributed by atoms with van der Waals surface area (Å²) >= 11 is 0. The molecule has 0 bridgehead atoms. The van der Waals surface area contributed by atoms with Gasteiger partial charge in [-0.1, -0.05) is 19.9 Å². The van der Waals surface area contributed by atoms with Gasteiger partial charge in [-0.15, -0.1) is 0 Å². The zero-order chi connectivity index (χ0) is 15.7. The maximum atomic E-state index is 12.0. The molecule has 0 fully saturated rings. The van der Waals surface area contributed by atoms with Crippen LogP contribution in [0.2, 0.25) is 0 Å². The molecule has 0 aliphatic carbocycles. The van der Waals surface area contributed by atoms with Crippen LogP contribution in [-0.2, 0) is 4.79 Å². The van der Waals surface area contributed by atoms with E-state index in [9.17, 15) is 4.79 Å². The normalized spacial score (nSPS) is 12.0. The smallest absolute Gasteiger partial charge is 0.224 e. The molecule has 1 aromatic carbocycles. The fraction of sp³-hybridized carbons (Fsp3) is 0.588. The van der Waals surface area contributed by atoms with E-state index in [4.69, 9.17) is 10.5 Å². The zero-order valence-electron chi connectivity index (χ0n) is 13.4. The van der Waals surface area contributed by atoms with E-state index in [0.717, 1.165) is 36.3 Å². The highest BCUT2D eigenvalue weighted by Crippen LogP contribution is 2.26. The third kappa shape index (κ3) is 6.63. The van der Waals surface area contributed by atoms with Crippen molar-refractivity contribution in [2.24, 2.45) is 11.7 Å². The van der Waals surface area contributed by atoms with Crippen molar-refractivity contribution >= 4 is 11.6 Å². The fourth-order valence-electron chi connectivity index (χ4n) is 2.08. The van der Waals surface area contributed by atoms with E-state index in [2.05, 4.69) is 19.2 Å². The molecular weight excluding hydrogens is 264 g/mol. The molecule has 1 amide bonds. The van der Waals surface area contributed by atoms with E-state index in [1.165, 1.54) is 0 Å². The van der Waals surface area contributed by atoms with Crippen LogP contribution in [0.25, 0.3) is 0 Å². The molecule has 0 aromatic heterocycles. The molecule has 0 heterocycles. The Morgan fingerprint density at radius 3 is 2.81 bits per heavy atom. The van der Waals surface area contributed by atoms with Gasteiger partial charge in [0.25, 0.3) is 0 Å². The zero-order valence-corrected chi connectivity index (χ0v) is 13.4. The Hall–Kier alpha value is -1.55. The summed E-state index contributed by atoms with van der Waals surface area (Å²) < 4.78 is 5.70. The Bertz CT molecular complexity index is 446. The number of anilines is 1. The van der Waals surface area contributed by atoms with Gasteiger partial charge in [0.1, 0.15) is 5.75 Å². The van der Waals surface area contributed by atoms with Gasteiger partial charge in [-0.2, -0.15) is 0 Å². The minimum absolute atomic E-state index is 0.0315. The lowest BCUT2D eigenvalue weighted by Gasteiger charge is -2.14. The lowest BCUT2D eigenvalue weighted by molar-refractivity contribution is -0.116. The molecule has 118 valence electrons. The number of carbonyl (C=O) groups is 1. The Balaban J connectivity index is 2.58. The molecular formula is C17H28N2O2. The van der Waals surface area contributed by atoms with E-state index in [-0.39, 0.29) is 5.91 Å². The summed E-state index contributed by atoms with van der Waals surface area (Å²) in [5.74, 6) is 1.26. The first-order chi connectivity index (χ1) is 10.1. The van der Waals surface area contributed by atoms with Crippen LogP contribution in [0.4, 0.5) is 5.69 Å². The molecule has 1 atom stereocenters. The van der Waals surface area contributed by atoms with Crippen molar-refractivity contribution in [3.63, 3.8) is 0 Å². The molecule has 0 saturated heterocycles. The van der Waals surface area contributed by atoms with Crippen LogP contribution in [0.15, 0.2) is 18.2 Å². The van der Waals surface area contributed by atoms with Gasteiger partial charge in [0, 0.05) is 6.42 Å². The van der Waals surface area contributed by atoms with Gasteiger partial charge >= 0.3 is 0 Å². The third-order valence-corrected chi connectivity index (χ3v) is 3.40. The molecule has 21 heavy (non-hydrogen) atoms. The molecule has 3 N–H and O–H groups in total. The molecule has 0 aliphatic rings. The first-order valence-corrected chi connectivity index (χ1v) is 7.80. The monoisotopic (exact) mass is 292 g/mol. The van der Waals surface area contributed by atoms with Gasteiger partial charge in [-0.3, -0.25) is 4.79 Å². The summed E-state index contributed by atoms with van der Waals surface area (Å²) in [7, 11) is 0. The number of rotatable bonds is 9. The molecule has 1 aromatic rings. The van der Waals surface area contributed by atoms with Crippen LogP contribution in [0, 0.1) is 12.8 Å². The average Bonchev–Trinajstić information content (AvgIpc) is 2.45. The lowest BCUT2D eigenvalue weighted by Crippen LogP contribution is -2.15. The maximum Gasteiger partial charge on any atom is 0.224 e. The number of hydrogen-bond acceptors (Lipinski definition) is 3. The Kier molecular flexibility index (Phi) is 7.83. The van der Waals surface area contributed by atoms with Crippen LogP contribution in [0.3, 0.4) is 0 Å². The van der Waals surface area contributed by atoms with Crippen LogP contribution >= 0.6 is 0 Å². The molecule has 4 heteroatoms. The van der Waals surface area contributed by atoms with Crippen molar-refractivity contribution in [2.75, 3.05) is 18.5 Å². The minimum atomic E-state index is 0.0315. The van der Waals surface area contributed by atoms with Gasteiger partial charge < -0.3 is 15.8 Å². The average molecular weight is 292 g/mol. The highest BCUT2D eigenvalue weighted by Gasteiger charge is 2.10. The van der Waals surface area contributed by atoms with E-state index in [0.29, 0.717) is 25.5 Å². The number of benzene rings is 1. The van der Waals surface area contributed by atoms with E-state index < -0.39 is 0 Å². The van der Waals surface area contributed by atoms with Crippen LogP contribution in [0.1, 0.15) is 45.1 Å². The largest absolute Gasteiger partial charge is 0.491 e. The fourth-order valence-corrected chi connectivity index (χ4v) is 2.08. The summed E-state index contributed by atoms with van der Waals surface area (Å²) in [6, 6.07) is 5.84. The van der Waals surface area contributed by atoms with Crippen molar-refractivity contribution in [1.29, 1.82) is 0 Å². The molecule has 0 spiro atoms. The van der Waals surface area contributed by atoms with Crippen LogP contribution in [-0.4, -0.2) is 19.1 Å². The first-order valence-electron chi connectivity index (χ1n) is 7.80. The molecule has 1 rings (SSSR count). The standard InChI is InChI=1S/C17H28N2O2/c1-4-11-21-16-12-14(3)5-7-15(16)19-17(20)8-6-13(2)9-10-18/h5,7,12-13H,4,6,8-11,18H2,1-3H3,(H,19,20). The predicted octanol–water partition coefficient (Wildman–Crippen LogP) is 3.49. The highest BCUT2D eigenvalue weighted by atomic mass is 16.5. The number of aryl methyl sites for hydroxylation is 1. The van der Waals surface area contributed by atoms with Crippen molar-refractivity contribution in [2.45, 2.75) is 46.5 Å². The number of nitrogens with one attached hydrogen (secondary N) is 1. The number of ether oxygens (including phenoxy) is 1. The second-order valence-electron chi connectivity index (χ2n) is 5.62. The summed E-state index contributed by atoms with van der Waals surface area (Å²) in [6.07, 6.45) is 3.28. The van der Waals surface area contributed by atoms with Gasteiger partial charge in [0.2, 0.25) is 5.91 Å². The van der Waals surface area contributed by atoms with Crippen molar-refractivity contribution in [1.82, 2.24) is 0 Å². The summed E-state index contributed by atoms with van der Waals surface area (Å²) in [4.78, 5) is 12.0. The molecule has 1 unspecified atom stereocenters. The van der Waals surface area contributed by atoms with Gasteiger partial charge in [0.05, 0.1) is 12.3 Å². The van der Waals surface area contributed by atoms with E-state index in [1.807, 2.05) is 25.1 Å². The summed E-state index contributed by atoms with van der Waals surface area (Å²) in [6.45, 7) is 7.53. The minimum Gasteiger partial charge on any atom is -0.491 e. The third-order valence-electron chi connectivity index (χ3n) is 3.40.